The molecule has 6 nitrogen and oxygen atoms in total. The van der Waals surface area contributed by atoms with E-state index in [4.69, 9.17) is 4.74 Å². The summed E-state index contributed by atoms with van der Waals surface area (Å²) in [6, 6.07) is 11.2. The first-order valence-electron chi connectivity index (χ1n) is 9.00. The summed E-state index contributed by atoms with van der Waals surface area (Å²) in [5.74, 6) is 0.649. The molecule has 0 saturated carbocycles. The van der Waals surface area contributed by atoms with Gasteiger partial charge in [-0.25, -0.2) is 0 Å². The van der Waals surface area contributed by atoms with Crippen molar-refractivity contribution in [2.75, 3.05) is 29.5 Å². The monoisotopic (exact) mass is 351 g/mol. The number of carbonyl (C=O) groups is 2. The van der Waals surface area contributed by atoms with Gasteiger partial charge in [0.2, 0.25) is 5.91 Å². The number of aromatic nitrogens is 1. The first-order chi connectivity index (χ1) is 12.7. The van der Waals surface area contributed by atoms with Crippen molar-refractivity contribution in [1.29, 1.82) is 0 Å². The molecule has 0 spiro atoms. The third-order valence-electron chi connectivity index (χ3n) is 4.82. The third kappa shape index (κ3) is 3.27. The Hall–Kier alpha value is -2.89. The lowest BCUT2D eigenvalue weighted by Gasteiger charge is -2.28. The van der Waals surface area contributed by atoms with Crippen LogP contribution in [0.3, 0.4) is 0 Å². The zero-order chi connectivity index (χ0) is 17.9. The van der Waals surface area contributed by atoms with E-state index >= 15 is 0 Å². The largest absolute Gasteiger partial charge is 0.484 e. The lowest BCUT2D eigenvalue weighted by molar-refractivity contribution is -0.120. The number of fused-ring (bicyclic) bond motifs is 1. The highest BCUT2D eigenvalue weighted by molar-refractivity contribution is 5.96. The Balaban J connectivity index is 1.43. The lowest BCUT2D eigenvalue weighted by Crippen LogP contribution is -2.38. The number of benzene rings is 1. The summed E-state index contributed by atoms with van der Waals surface area (Å²) in [7, 11) is 0. The minimum atomic E-state index is -0.0819. The van der Waals surface area contributed by atoms with Crippen molar-refractivity contribution in [2.24, 2.45) is 0 Å². The van der Waals surface area contributed by atoms with Crippen molar-refractivity contribution in [3.8, 4) is 5.75 Å². The first kappa shape index (κ1) is 16.6. The minimum Gasteiger partial charge on any atom is -0.484 e. The molecular weight excluding hydrogens is 330 g/mol. The molecule has 3 heterocycles. The fraction of sp³-hybridized carbons (Fsp3) is 0.350. The number of carbonyl (C=O) groups excluding carboxylic acids is 2. The van der Waals surface area contributed by atoms with E-state index in [0.717, 1.165) is 42.9 Å². The van der Waals surface area contributed by atoms with Gasteiger partial charge in [0, 0.05) is 37.5 Å². The summed E-state index contributed by atoms with van der Waals surface area (Å²) in [6.07, 6.45) is 5.03. The summed E-state index contributed by atoms with van der Waals surface area (Å²) < 4.78 is 5.72. The van der Waals surface area contributed by atoms with E-state index in [2.05, 4.69) is 4.98 Å². The molecular formula is C20H21N3O3. The van der Waals surface area contributed by atoms with Gasteiger partial charge in [0.15, 0.2) is 6.61 Å². The van der Waals surface area contributed by atoms with Crippen LogP contribution in [0.25, 0.3) is 0 Å². The van der Waals surface area contributed by atoms with Crippen molar-refractivity contribution in [3.63, 3.8) is 0 Å². The lowest BCUT2D eigenvalue weighted by atomic mass is 10.1. The SMILES string of the molecule is O=C1CCCN1c1cccc(OCC(=O)N2CCCc3ncccc32)c1. The molecule has 0 radical (unpaired) electrons. The number of amides is 2. The topological polar surface area (TPSA) is 62.7 Å². The average molecular weight is 351 g/mol. The van der Waals surface area contributed by atoms with Gasteiger partial charge in [0.05, 0.1) is 11.4 Å². The summed E-state index contributed by atoms with van der Waals surface area (Å²) in [5.41, 5.74) is 2.66. The Labute approximate surface area is 152 Å². The highest BCUT2D eigenvalue weighted by Gasteiger charge is 2.24. The Morgan fingerprint density at radius 2 is 2.00 bits per heavy atom. The molecule has 2 aliphatic rings. The molecule has 134 valence electrons. The van der Waals surface area contributed by atoms with Crippen molar-refractivity contribution in [1.82, 2.24) is 4.98 Å². The number of hydrogen-bond donors (Lipinski definition) is 0. The Kier molecular flexibility index (Phi) is 4.56. The maximum Gasteiger partial charge on any atom is 0.264 e. The van der Waals surface area contributed by atoms with E-state index in [1.807, 2.05) is 36.4 Å². The molecule has 1 aromatic heterocycles. The summed E-state index contributed by atoms with van der Waals surface area (Å²) in [6.45, 7) is 1.38. The molecule has 4 rings (SSSR count). The maximum absolute atomic E-state index is 12.6. The first-order valence-corrected chi connectivity index (χ1v) is 9.00. The summed E-state index contributed by atoms with van der Waals surface area (Å²) >= 11 is 0. The maximum atomic E-state index is 12.6. The predicted octanol–water partition coefficient (Wildman–Crippen LogP) is 2.57. The zero-order valence-electron chi connectivity index (χ0n) is 14.6. The van der Waals surface area contributed by atoms with E-state index < -0.39 is 0 Å². The van der Waals surface area contributed by atoms with Gasteiger partial charge in [0.1, 0.15) is 5.75 Å². The van der Waals surface area contributed by atoms with E-state index in [1.54, 1.807) is 16.0 Å². The summed E-state index contributed by atoms with van der Waals surface area (Å²) in [4.78, 5) is 32.4. The molecule has 0 N–H and O–H groups in total. The molecule has 26 heavy (non-hydrogen) atoms. The molecule has 1 saturated heterocycles. The molecule has 0 unspecified atom stereocenters. The molecule has 6 heteroatoms. The molecule has 2 aromatic rings. The Bertz CT molecular complexity index is 837. The van der Waals surface area contributed by atoms with E-state index in [-0.39, 0.29) is 18.4 Å². The van der Waals surface area contributed by atoms with Crippen LogP contribution in [-0.2, 0) is 16.0 Å². The van der Waals surface area contributed by atoms with Crippen LogP contribution < -0.4 is 14.5 Å². The second-order valence-corrected chi connectivity index (χ2v) is 6.55. The van der Waals surface area contributed by atoms with Gasteiger partial charge in [0.25, 0.3) is 5.91 Å². The van der Waals surface area contributed by atoms with Crippen molar-refractivity contribution in [2.45, 2.75) is 25.7 Å². The van der Waals surface area contributed by atoms with Crippen molar-refractivity contribution in [3.05, 3.63) is 48.3 Å². The number of pyridine rings is 1. The number of aryl methyl sites for hydroxylation is 1. The molecule has 1 aromatic carbocycles. The quantitative estimate of drug-likeness (QED) is 0.849. The van der Waals surface area contributed by atoms with Crippen molar-refractivity contribution < 1.29 is 14.3 Å². The number of nitrogens with zero attached hydrogens (tertiary/aromatic N) is 3. The molecule has 0 atom stereocenters. The van der Waals surface area contributed by atoms with Gasteiger partial charge in [-0.2, -0.15) is 0 Å². The van der Waals surface area contributed by atoms with Crippen LogP contribution in [0.4, 0.5) is 11.4 Å². The fourth-order valence-electron chi connectivity index (χ4n) is 3.54. The predicted molar refractivity (Wildman–Crippen MR) is 98.4 cm³/mol. The van der Waals surface area contributed by atoms with Crippen LogP contribution in [0.5, 0.6) is 5.75 Å². The molecule has 0 aliphatic carbocycles. The van der Waals surface area contributed by atoms with E-state index in [9.17, 15) is 9.59 Å². The number of anilines is 2. The van der Waals surface area contributed by atoms with Crippen LogP contribution in [0.2, 0.25) is 0 Å². The van der Waals surface area contributed by atoms with E-state index in [1.165, 1.54) is 0 Å². The number of ether oxygens (including phenoxy) is 1. The smallest absolute Gasteiger partial charge is 0.264 e. The fourth-order valence-corrected chi connectivity index (χ4v) is 3.54. The molecule has 2 amide bonds. The average Bonchev–Trinajstić information content (AvgIpc) is 3.12. The normalized spacial score (nSPS) is 16.5. The third-order valence-corrected chi connectivity index (χ3v) is 4.82. The van der Waals surface area contributed by atoms with Crippen LogP contribution in [0.15, 0.2) is 42.6 Å². The Morgan fingerprint density at radius 1 is 1.12 bits per heavy atom. The number of rotatable bonds is 4. The van der Waals surface area contributed by atoms with Gasteiger partial charge in [-0.05, 0) is 43.5 Å². The zero-order valence-corrected chi connectivity index (χ0v) is 14.6. The van der Waals surface area contributed by atoms with Gasteiger partial charge < -0.3 is 14.5 Å². The second kappa shape index (κ2) is 7.15. The van der Waals surface area contributed by atoms with Crippen LogP contribution in [0, 0.1) is 0 Å². The standard InChI is InChI=1S/C20H21N3O3/c24-19-9-4-11-22(19)15-5-1-6-16(13-15)26-14-20(25)23-12-3-7-17-18(23)8-2-10-21-17/h1-2,5-6,8,10,13H,3-4,7,9,11-12,14H2. The van der Waals surface area contributed by atoms with Crippen LogP contribution in [0.1, 0.15) is 25.0 Å². The molecule has 2 aliphatic heterocycles. The Morgan fingerprint density at radius 3 is 2.85 bits per heavy atom. The molecule has 0 bridgehead atoms. The van der Waals surface area contributed by atoms with Crippen LogP contribution in [-0.4, -0.2) is 36.5 Å². The highest BCUT2D eigenvalue weighted by atomic mass is 16.5. The van der Waals surface area contributed by atoms with Crippen molar-refractivity contribution >= 4 is 23.2 Å². The summed E-state index contributed by atoms with van der Waals surface area (Å²) in [5, 5.41) is 0. The van der Waals surface area contributed by atoms with Gasteiger partial charge in [-0.3, -0.25) is 14.6 Å². The van der Waals surface area contributed by atoms with Gasteiger partial charge in [-0.1, -0.05) is 6.07 Å². The highest BCUT2D eigenvalue weighted by Crippen LogP contribution is 2.27. The van der Waals surface area contributed by atoms with Gasteiger partial charge in [-0.15, -0.1) is 0 Å². The van der Waals surface area contributed by atoms with Gasteiger partial charge >= 0.3 is 0 Å². The molecule has 1 fully saturated rings. The second-order valence-electron chi connectivity index (χ2n) is 6.55. The minimum absolute atomic E-state index is 0.0360. The van der Waals surface area contributed by atoms with Crippen LogP contribution >= 0.6 is 0 Å². The van der Waals surface area contributed by atoms with E-state index in [0.29, 0.717) is 18.7 Å². The number of hydrogen-bond acceptors (Lipinski definition) is 4.